The number of amides is 2. The predicted molar refractivity (Wildman–Crippen MR) is 68.0 cm³/mol. The van der Waals surface area contributed by atoms with E-state index >= 15 is 0 Å². The smallest absolute Gasteiger partial charge is 0.327 e. The average Bonchev–Trinajstić information content (AvgIpc) is 2.67. The monoisotopic (exact) mass is 260 g/mol. The maximum absolute atomic E-state index is 11.9. The van der Waals surface area contributed by atoms with Gasteiger partial charge in [-0.2, -0.15) is 0 Å². The summed E-state index contributed by atoms with van der Waals surface area (Å²) in [5.74, 6) is -0.0545. The van der Waals surface area contributed by atoms with Gasteiger partial charge in [0.05, 0.1) is 5.37 Å². The zero-order valence-corrected chi connectivity index (χ0v) is 11.3. The summed E-state index contributed by atoms with van der Waals surface area (Å²) in [5, 5.41) is 11.8. The molecule has 0 spiro atoms. The van der Waals surface area contributed by atoms with Gasteiger partial charge in [0.2, 0.25) is 0 Å². The first-order valence-electron chi connectivity index (χ1n) is 5.88. The standard InChI is InChI=1S/C11H20N2O3S/c1-4-7(2)5-12-11(16)13-8(3)17-6-9(13)10(14)15/h7-9H,4-6H2,1-3H3,(H,12,16)(H,14,15). The molecule has 1 rings (SSSR count). The van der Waals surface area contributed by atoms with Crippen molar-refractivity contribution in [3.05, 3.63) is 0 Å². The van der Waals surface area contributed by atoms with E-state index in [1.807, 2.05) is 6.92 Å². The largest absolute Gasteiger partial charge is 0.480 e. The summed E-state index contributed by atoms with van der Waals surface area (Å²) in [4.78, 5) is 24.4. The molecule has 1 saturated heterocycles. The first-order valence-corrected chi connectivity index (χ1v) is 6.92. The molecular formula is C11H20N2O3S. The van der Waals surface area contributed by atoms with Crippen LogP contribution in [-0.4, -0.2) is 45.7 Å². The van der Waals surface area contributed by atoms with E-state index in [2.05, 4.69) is 19.2 Å². The number of nitrogens with zero attached hydrogens (tertiary/aromatic N) is 1. The van der Waals surface area contributed by atoms with Gasteiger partial charge in [0, 0.05) is 12.3 Å². The van der Waals surface area contributed by atoms with E-state index in [1.54, 1.807) is 0 Å². The summed E-state index contributed by atoms with van der Waals surface area (Å²) in [6.45, 7) is 6.56. The van der Waals surface area contributed by atoms with Gasteiger partial charge in [-0.05, 0) is 12.8 Å². The van der Waals surface area contributed by atoms with E-state index in [-0.39, 0.29) is 11.4 Å². The first kappa shape index (κ1) is 14.2. The molecule has 6 heteroatoms. The van der Waals surface area contributed by atoms with Crippen molar-refractivity contribution in [1.29, 1.82) is 0 Å². The minimum Gasteiger partial charge on any atom is -0.480 e. The zero-order chi connectivity index (χ0) is 13.0. The number of hydrogen-bond donors (Lipinski definition) is 2. The second kappa shape index (κ2) is 6.14. The van der Waals surface area contributed by atoms with Crippen LogP contribution in [0.1, 0.15) is 27.2 Å². The Labute approximate surface area is 106 Å². The van der Waals surface area contributed by atoms with Gasteiger partial charge in [-0.25, -0.2) is 9.59 Å². The summed E-state index contributed by atoms with van der Waals surface area (Å²) in [6, 6.07) is -0.970. The Kier molecular flexibility index (Phi) is 5.11. The normalized spacial score (nSPS) is 25.7. The maximum Gasteiger partial charge on any atom is 0.327 e. The highest BCUT2D eigenvalue weighted by atomic mass is 32.2. The van der Waals surface area contributed by atoms with Gasteiger partial charge >= 0.3 is 12.0 Å². The Hall–Kier alpha value is -0.910. The van der Waals surface area contributed by atoms with Crippen molar-refractivity contribution in [1.82, 2.24) is 10.2 Å². The quantitative estimate of drug-likeness (QED) is 0.805. The fraction of sp³-hybridized carbons (Fsp3) is 0.818. The fourth-order valence-electron chi connectivity index (χ4n) is 1.64. The van der Waals surface area contributed by atoms with Crippen molar-refractivity contribution in [2.24, 2.45) is 5.92 Å². The number of rotatable bonds is 4. The molecular weight excluding hydrogens is 240 g/mol. The molecule has 1 fully saturated rings. The van der Waals surface area contributed by atoms with Crippen molar-refractivity contribution in [3.8, 4) is 0 Å². The number of nitrogens with one attached hydrogen (secondary N) is 1. The summed E-state index contributed by atoms with van der Waals surface area (Å²) in [7, 11) is 0. The third-order valence-electron chi connectivity index (χ3n) is 3.04. The number of aliphatic carboxylic acids is 1. The van der Waals surface area contributed by atoms with E-state index < -0.39 is 12.0 Å². The minimum absolute atomic E-state index is 0.0759. The Morgan fingerprint density at radius 1 is 1.59 bits per heavy atom. The number of thioether (sulfide) groups is 1. The molecule has 0 aromatic rings. The van der Waals surface area contributed by atoms with Crippen molar-refractivity contribution >= 4 is 23.8 Å². The lowest BCUT2D eigenvalue weighted by molar-refractivity contribution is -0.141. The second-order valence-electron chi connectivity index (χ2n) is 4.39. The van der Waals surface area contributed by atoms with E-state index in [9.17, 15) is 9.59 Å². The average molecular weight is 260 g/mol. The molecule has 3 atom stereocenters. The van der Waals surface area contributed by atoms with Crippen LogP contribution in [0.2, 0.25) is 0 Å². The highest BCUT2D eigenvalue weighted by Gasteiger charge is 2.39. The molecule has 0 aromatic heterocycles. The summed E-state index contributed by atoms with van der Waals surface area (Å²) >= 11 is 1.49. The number of carboxylic acid groups (broad SMARTS) is 1. The van der Waals surface area contributed by atoms with Gasteiger partial charge in [0.25, 0.3) is 0 Å². The SMILES string of the molecule is CCC(C)CNC(=O)N1C(C)SCC1C(=O)O. The molecule has 17 heavy (non-hydrogen) atoms. The Morgan fingerprint density at radius 2 is 2.24 bits per heavy atom. The molecule has 0 bridgehead atoms. The summed E-state index contributed by atoms with van der Waals surface area (Å²) in [6.07, 6.45) is 0.993. The molecule has 1 heterocycles. The zero-order valence-electron chi connectivity index (χ0n) is 10.5. The van der Waals surface area contributed by atoms with Gasteiger partial charge in [-0.15, -0.1) is 11.8 Å². The molecule has 0 aromatic carbocycles. The summed E-state index contributed by atoms with van der Waals surface area (Å²) in [5.41, 5.74) is 0. The minimum atomic E-state index is -0.930. The van der Waals surface area contributed by atoms with Crippen molar-refractivity contribution in [2.45, 2.75) is 38.6 Å². The van der Waals surface area contributed by atoms with E-state index in [1.165, 1.54) is 16.7 Å². The number of hydrogen-bond acceptors (Lipinski definition) is 3. The van der Waals surface area contributed by atoms with E-state index in [0.717, 1.165) is 6.42 Å². The topological polar surface area (TPSA) is 69.6 Å². The van der Waals surface area contributed by atoms with Crippen LogP contribution in [0.15, 0.2) is 0 Å². The molecule has 2 amide bonds. The second-order valence-corrected chi connectivity index (χ2v) is 5.74. The molecule has 0 aliphatic carbocycles. The maximum atomic E-state index is 11.9. The van der Waals surface area contributed by atoms with Crippen molar-refractivity contribution in [3.63, 3.8) is 0 Å². The Balaban J connectivity index is 2.56. The molecule has 2 N–H and O–H groups in total. The molecule has 98 valence electrons. The summed E-state index contributed by atoms with van der Waals surface area (Å²) < 4.78 is 0. The highest BCUT2D eigenvalue weighted by molar-refractivity contribution is 8.00. The molecule has 0 radical (unpaired) electrons. The van der Waals surface area contributed by atoms with Gasteiger partial charge < -0.3 is 10.4 Å². The number of carbonyl (C=O) groups excluding carboxylic acids is 1. The van der Waals surface area contributed by atoms with Gasteiger partial charge in [0.1, 0.15) is 6.04 Å². The van der Waals surface area contributed by atoms with Crippen LogP contribution in [0, 0.1) is 5.92 Å². The number of carboxylic acids is 1. The molecule has 1 aliphatic heterocycles. The van der Waals surface area contributed by atoms with Crippen LogP contribution in [-0.2, 0) is 4.79 Å². The van der Waals surface area contributed by atoms with Gasteiger partial charge in [0.15, 0.2) is 0 Å². The van der Waals surface area contributed by atoms with Crippen LogP contribution in [0.4, 0.5) is 4.79 Å². The fourth-order valence-corrected chi connectivity index (χ4v) is 2.81. The number of carbonyl (C=O) groups is 2. The third kappa shape index (κ3) is 3.52. The predicted octanol–water partition coefficient (Wildman–Crippen LogP) is 1.59. The van der Waals surface area contributed by atoms with E-state index in [4.69, 9.17) is 5.11 Å². The highest BCUT2D eigenvalue weighted by Crippen LogP contribution is 2.28. The van der Waals surface area contributed by atoms with E-state index in [0.29, 0.717) is 18.2 Å². The lowest BCUT2D eigenvalue weighted by atomic mass is 10.1. The van der Waals surface area contributed by atoms with Crippen LogP contribution in [0.5, 0.6) is 0 Å². The van der Waals surface area contributed by atoms with Crippen LogP contribution in [0.25, 0.3) is 0 Å². The molecule has 1 aliphatic rings. The number of urea groups is 1. The first-order chi connectivity index (χ1) is 7.97. The molecule has 5 nitrogen and oxygen atoms in total. The Morgan fingerprint density at radius 3 is 2.76 bits per heavy atom. The van der Waals surface area contributed by atoms with Crippen LogP contribution >= 0.6 is 11.8 Å². The van der Waals surface area contributed by atoms with Crippen LogP contribution in [0.3, 0.4) is 0 Å². The van der Waals surface area contributed by atoms with Gasteiger partial charge in [-0.1, -0.05) is 20.3 Å². The van der Waals surface area contributed by atoms with Gasteiger partial charge in [-0.3, -0.25) is 4.90 Å². The lowest BCUT2D eigenvalue weighted by Gasteiger charge is -2.25. The Bertz CT molecular complexity index is 298. The van der Waals surface area contributed by atoms with Crippen molar-refractivity contribution < 1.29 is 14.7 Å². The lowest BCUT2D eigenvalue weighted by Crippen LogP contribution is -2.50. The molecule has 0 saturated carbocycles. The third-order valence-corrected chi connectivity index (χ3v) is 4.26. The molecule has 3 unspecified atom stereocenters. The van der Waals surface area contributed by atoms with Crippen LogP contribution < -0.4 is 5.32 Å². The van der Waals surface area contributed by atoms with Crippen molar-refractivity contribution in [2.75, 3.05) is 12.3 Å².